The summed E-state index contributed by atoms with van der Waals surface area (Å²) in [5.41, 5.74) is 0.623. The first-order valence-electron chi connectivity index (χ1n) is 8.22. The van der Waals surface area contributed by atoms with Crippen molar-refractivity contribution in [3.05, 3.63) is 91.2 Å². The molecule has 0 saturated carbocycles. The van der Waals surface area contributed by atoms with Gasteiger partial charge in [0.15, 0.2) is 5.13 Å². The van der Waals surface area contributed by atoms with Gasteiger partial charge in [0.05, 0.1) is 0 Å². The lowest BCUT2D eigenvalue weighted by molar-refractivity contribution is 0.102. The molecule has 0 aliphatic rings. The highest BCUT2D eigenvalue weighted by molar-refractivity contribution is 7.15. The number of nitrogens with one attached hydrogen (secondary N) is 1. The molecule has 1 amide bonds. The van der Waals surface area contributed by atoms with Crippen LogP contribution in [0.2, 0.25) is 10.0 Å². The highest BCUT2D eigenvalue weighted by Gasteiger charge is 2.16. The van der Waals surface area contributed by atoms with Crippen molar-refractivity contribution in [2.24, 2.45) is 0 Å². The lowest BCUT2D eigenvalue weighted by Gasteiger charge is -2.03. The SMILES string of the molecule is O=C(Nc1ncc(Cc2ccc(Cl)cc2)s1)c1cc2cc(Cl)ccc2oc1=O. The summed E-state index contributed by atoms with van der Waals surface area (Å²) < 4.78 is 5.20. The number of carbonyl (C=O) groups excluding carboxylic acids is 1. The Labute approximate surface area is 173 Å². The molecule has 0 radical (unpaired) electrons. The van der Waals surface area contributed by atoms with Gasteiger partial charge >= 0.3 is 5.63 Å². The molecule has 4 aromatic rings. The van der Waals surface area contributed by atoms with Gasteiger partial charge in [0.25, 0.3) is 5.91 Å². The van der Waals surface area contributed by atoms with Gasteiger partial charge in [-0.1, -0.05) is 35.3 Å². The van der Waals surface area contributed by atoms with Crippen LogP contribution in [0.25, 0.3) is 11.0 Å². The normalized spacial score (nSPS) is 10.9. The van der Waals surface area contributed by atoms with E-state index in [1.807, 2.05) is 24.3 Å². The minimum absolute atomic E-state index is 0.107. The van der Waals surface area contributed by atoms with Gasteiger partial charge in [-0.05, 0) is 42.0 Å². The fourth-order valence-corrected chi connectivity index (χ4v) is 3.82. The smallest absolute Gasteiger partial charge is 0.349 e. The van der Waals surface area contributed by atoms with Crippen LogP contribution in [0.5, 0.6) is 0 Å². The number of amides is 1. The highest BCUT2D eigenvalue weighted by Crippen LogP contribution is 2.23. The van der Waals surface area contributed by atoms with Crippen molar-refractivity contribution in [1.82, 2.24) is 4.98 Å². The average Bonchev–Trinajstić information content (AvgIpc) is 3.10. The van der Waals surface area contributed by atoms with Crippen molar-refractivity contribution in [2.75, 3.05) is 5.32 Å². The van der Waals surface area contributed by atoms with Crippen molar-refractivity contribution in [2.45, 2.75) is 6.42 Å². The number of halogens is 2. The maximum atomic E-state index is 12.5. The van der Waals surface area contributed by atoms with E-state index in [1.165, 1.54) is 17.4 Å². The van der Waals surface area contributed by atoms with Crippen molar-refractivity contribution >= 4 is 56.5 Å². The molecule has 0 saturated heterocycles. The topological polar surface area (TPSA) is 72.2 Å². The lowest BCUT2D eigenvalue weighted by Crippen LogP contribution is -2.20. The Balaban J connectivity index is 1.53. The Morgan fingerprint density at radius 3 is 2.61 bits per heavy atom. The first-order chi connectivity index (χ1) is 13.5. The van der Waals surface area contributed by atoms with E-state index in [1.54, 1.807) is 24.4 Å². The number of carbonyl (C=O) groups is 1. The van der Waals surface area contributed by atoms with Crippen molar-refractivity contribution < 1.29 is 9.21 Å². The lowest BCUT2D eigenvalue weighted by atomic mass is 10.1. The Morgan fingerprint density at radius 1 is 1.07 bits per heavy atom. The minimum atomic E-state index is -0.717. The van der Waals surface area contributed by atoms with Gasteiger partial charge in [-0.25, -0.2) is 9.78 Å². The van der Waals surface area contributed by atoms with Gasteiger partial charge in [0.1, 0.15) is 11.1 Å². The number of hydrogen-bond acceptors (Lipinski definition) is 5. The third kappa shape index (κ3) is 4.09. The molecule has 4 rings (SSSR count). The van der Waals surface area contributed by atoms with Crippen LogP contribution in [0.15, 0.2) is 63.9 Å². The van der Waals surface area contributed by atoms with Gasteiger partial charge in [-0.15, -0.1) is 11.3 Å². The zero-order chi connectivity index (χ0) is 19.7. The summed E-state index contributed by atoms with van der Waals surface area (Å²) >= 11 is 13.2. The van der Waals surface area contributed by atoms with Crippen molar-refractivity contribution in [3.63, 3.8) is 0 Å². The molecule has 140 valence electrons. The highest BCUT2D eigenvalue weighted by atomic mass is 35.5. The fraction of sp³-hybridized carbons (Fsp3) is 0.0500. The fourth-order valence-electron chi connectivity index (χ4n) is 2.67. The Morgan fingerprint density at radius 2 is 1.82 bits per heavy atom. The third-order valence-electron chi connectivity index (χ3n) is 4.00. The standard InChI is InChI=1S/C20H12Cl2N2O3S/c21-13-3-1-11(2-4-13)7-15-10-23-20(28-15)24-18(25)16-9-12-8-14(22)5-6-17(12)27-19(16)26/h1-6,8-10H,7H2,(H,23,24,25). The van der Waals surface area contributed by atoms with Gasteiger partial charge in [0.2, 0.25) is 0 Å². The summed E-state index contributed by atoms with van der Waals surface area (Å²) in [5.74, 6) is -0.581. The summed E-state index contributed by atoms with van der Waals surface area (Å²) in [6, 6.07) is 13.8. The van der Waals surface area contributed by atoms with Gasteiger partial charge in [-0.2, -0.15) is 0 Å². The molecule has 28 heavy (non-hydrogen) atoms. The molecule has 0 aliphatic heterocycles. The van der Waals surface area contributed by atoms with E-state index in [-0.39, 0.29) is 5.56 Å². The molecule has 0 unspecified atom stereocenters. The number of aromatic nitrogens is 1. The predicted octanol–water partition coefficient (Wildman–Crippen LogP) is 5.40. The van der Waals surface area contributed by atoms with Crippen LogP contribution in [0.4, 0.5) is 5.13 Å². The zero-order valence-corrected chi connectivity index (χ0v) is 16.6. The molecule has 0 spiro atoms. The number of thiazole rings is 1. The molecule has 2 heterocycles. The van der Waals surface area contributed by atoms with E-state index in [9.17, 15) is 9.59 Å². The second-order valence-corrected chi connectivity index (χ2v) is 8.01. The molecule has 1 N–H and O–H groups in total. The van der Waals surface area contributed by atoms with E-state index in [4.69, 9.17) is 27.6 Å². The molecule has 5 nitrogen and oxygen atoms in total. The van der Waals surface area contributed by atoms with Crippen LogP contribution in [0, 0.1) is 0 Å². The maximum Gasteiger partial charge on any atom is 0.349 e. The Hall–Kier alpha value is -2.67. The van der Waals surface area contributed by atoms with Crippen LogP contribution < -0.4 is 10.9 Å². The monoisotopic (exact) mass is 430 g/mol. The van der Waals surface area contributed by atoms with Crippen LogP contribution in [-0.4, -0.2) is 10.9 Å². The van der Waals surface area contributed by atoms with Crippen molar-refractivity contribution in [3.8, 4) is 0 Å². The van der Waals surface area contributed by atoms with Crippen LogP contribution in [-0.2, 0) is 6.42 Å². The second kappa shape index (κ2) is 7.75. The summed E-state index contributed by atoms with van der Waals surface area (Å²) in [4.78, 5) is 29.8. The van der Waals surface area contributed by atoms with E-state index < -0.39 is 11.5 Å². The first-order valence-corrected chi connectivity index (χ1v) is 9.79. The number of rotatable bonds is 4. The molecule has 0 atom stereocenters. The summed E-state index contributed by atoms with van der Waals surface area (Å²) in [6.07, 6.45) is 2.36. The van der Waals surface area contributed by atoms with Crippen LogP contribution in [0.1, 0.15) is 20.8 Å². The van der Waals surface area contributed by atoms with E-state index in [0.717, 1.165) is 10.4 Å². The Kier molecular flexibility index (Phi) is 5.17. The minimum Gasteiger partial charge on any atom is -0.422 e. The molecule has 0 bridgehead atoms. The number of benzene rings is 2. The molecule has 8 heteroatoms. The number of fused-ring (bicyclic) bond motifs is 1. The number of hydrogen-bond donors (Lipinski definition) is 1. The second-order valence-electron chi connectivity index (χ2n) is 6.02. The number of nitrogens with zero attached hydrogens (tertiary/aromatic N) is 1. The van der Waals surface area contributed by atoms with E-state index in [0.29, 0.717) is 32.6 Å². The molecule has 2 aromatic carbocycles. The largest absolute Gasteiger partial charge is 0.422 e. The summed E-state index contributed by atoms with van der Waals surface area (Å²) in [7, 11) is 0. The number of anilines is 1. The molecule has 2 aromatic heterocycles. The molecular formula is C20H12Cl2N2O3S. The van der Waals surface area contributed by atoms with E-state index >= 15 is 0 Å². The average molecular weight is 431 g/mol. The molecular weight excluding hydrogens is 419 g/mol. The summed E-state index contributed by atoms with van der Waals surface area (Å²) in [5, 5.41) is 4.78. The zero-order valence-electron chi connectivity index (χ0n) is 14.2. The Bertz CT molecular complexity index is 1230. The van der Waals surface area contributed by atoms with Gasteiger partial charge in [0, 0.05) is 32.9 Å². The van der Waals surface area contributed by atoms with Crippen LogP contribution >= 0.6 is 34.5 Å². The van der Waals surface area contributed by atoms with Crippen LogP contribution in [0.3, 0.4) is 0 Å². The maximum absolute atomic E-state index is 12.5. The van der Waals surface area contributed by atoms with Gasteiger partial charge < -0.3 is 4.42 Å². The predicted molar refractivity (Wildman–Crippen MR) is 112 cm³/mol. The molecule has 0 aliphatic carbocycles. The van der Waals surface area contributed by atoms with E-state index in [2.05, 4.69) is 10.3 Å². The third-order valence-corrected chi connectivity index (χ3v) is 5.40. The summed E-state index contributed by atoms with van der Waals surface area (Å²) in [6.45, 7) is 0. The quantitative estimate of drug-likeness (QED) is 0.439. The van der Waals surface area contributed by atoms with Gasteiger partial charge in [-0.3, -0.25) is 10.1 Å². The van der Waals surface area contributed by atoms with Crippen molar-refractivity contribution in [1.29, 1.82) is 0 Å². The first kappa shape index (κ1) is 18.7. The molecule has 0 fully saturated rings.